The molecule has 20 heavy (non-hydrogen) atoms. The highest BCUT2D eigenvalue weighted by molar-refractivity contribution is 5.90. The first-order valence-corrected chi connectivity index (χ1v) is 8.02. The minimum Gasteiger partial charge on any atom is -0.333 e. The molecule has 5 nitrogen and oxygen atoms in total. The van der Waals surface area contributed by atoms with Crippen LogP contribution in [0.4, 0.5) is 0 Å². The van der Waals surface area contributed by atoms with E-state index < -0.39 is 0 Å². The lowest BCUT2D eigenvalue weighted by atomic mass is 9.78. The number of nitrogens with zero attached hydrogens (tertiary/aromatic N) is 3. The Morgan fingerprint density at radius 1 is 1.30 bits per heavy atom. The van der Waals surface area contributed by atoms with E-state index in [9.17, 15) is 4.79 Å². The molecule has 1 aromatic heterocycles. The minimum absolute atomic E-state index is 0.0280. The molecule has 1 N–H and O–H groups in total. The zero-order chi connectivity index (χ0) is 13.9. The Labute approximate surface area is 120 Å². The first-order chi connectivity index (χ1) is 9.79. The van der Waals surface area contributed by atoms with Gasteiger partial charge in [0, 0.05) is 19.0 Å². The number of hydrogen-bond donors (Lipinski definition) is 1. The first kappa shape index (κ1) is 13.6. The average molecular weight is 276 g/mol. The molecule has 1 amide bonds. The third kappa shape index (κ3) is 2.58. The van der Waals surface area contributed by atoms with Crippen LogP contribution in [-0.4, -0.2) is 38.6 Å². The number of likely N-dealkylation sites (tertiary alicyclic amines) is 1. The van der Waals surface area contributed by atoms with Crippen LogP contribution in [0.3, 0.4) is 0 Å². The van der Waals surface area contributed by atoms with E-state index in [0.717, 1.165) is 38.1 Å². The molecule has 1 aromatic rings. The van der Waals surface area contributed by atoms with Crippen LogP contribution in [-0.2, 0) is 6.42 Å². The number of amides is 1. The normalized spacial score (nSPS) is 26.4. The molecule has 2 heterocycles. The second-order valence-electron chi connectivity index (χ2n) is 6.11. The molecular formula is C15H24N4O. The van der Waals surface area contributed by atoms with Gasteiger partial charge in [-0.1, -0.05) is 19.8 Å². The molecule has 1 aliphatic heterocycles. The molecule has 3 rings (SSSR count). The lowest BCUT2D eigenvalue weighted by molar-refractivity contribution is 0.0380. The molecule has 1 saturated carbocycles. The number of fused-ring (bicyclic) bond motifs is 1. The summed E-state index contributed by atoms with van der Waals surface area (Å²) in [4.78, 5) is 19.1. The van der Waals surface area contributed by atoms with Crippen molar-refractivity contribution in [1.82, 2.24) is 20.1 Å². The van der Waals surface area contributed by atoms with Crippen molar-refractivity contribution in [1.29, 1.82) is 0 Å². The smallest absolute Gasteiger partial charge is 0.293 e. The Hall–Kier alpha value is -1.39. The van der Waals surface area contributed by atoms with Crippen molar-refractivity contribution in [3.8, 4) is 0 Å². The van der Waals surface area contributed by atoms with E-state index in [1.807, 2.05) is 4.90 Å². The van der Waals surface area contributed by atoms with Crippen molar-refractivity contribution in [3.63, 3.8) is 0 Å². The monoisotopic (exact) mass is 276 g/mol. The fourth-order valence-electron chi connectivity index (χ4n) is 3.74. The maximum atomic E-state index is 12.7. The van der Waals surface area contributed by atoms with Crippen molar-refractivity contribution in [2.45, 2.75) is 64.3 Å². The van der Waals surface area contributed by atoms with Crippen molar-refractivity contribution in [2.24, 2.45) is 5.92 Å². The standard InChI is InChI=1S/C15H24N4O/c1-2-6-13-16-14(18-17-13)15(20)19-10-5-8-11-7-3-4-9-12(11)19/h11-12H,2-10H2,1H3,(H,16,17,18)/t11-,12-/m1/s1. The van der Waals surface area contributed by atoms with Gasteiger partial charge in [-0.2, -0.15) is 0 Å². The average Bonchev–Trinajstić information content (AvgIpc) is 2.95. The molecule has 0 unspecified atom stereocenters. The highest BCUT2D eigenvalue weighted by Gasteiger charge is 2.37. The first-order valence-electron chi connectivity index (χ1n) is 8.02. The maximum Gasteiger partial charge on any atom is 0.293 e. The van der Waals surface area contributed by atoms with Crippen LogP contribution in [0.2, 0.25) is 0 Å². The summed E-state index contributed by atoms with van der Waals surface area (Å²) in [5, 5.41) is 7.01. The van der Waals surface area contributed by atoms with Gasteiger partial charge in [0.05, 0.1) is 0 Å². The van der Waals surface area contributed by atoms with E-state index in [1.165, 1.54) is 25.7 Å². The van der Waals surface area contributed by atoms with Crippen molar-refractivity contribution in [2.75, 3.05) is 6.54 Å². The van der Waals surface area contributed by atoms with Crippen LogP contribution in [0.1, 0.15) is 68.3 Å². The van der Waals surface area contributed by atoms with Gasteiger partial charge in [-0.3, -0.25) is 9.89 Å². The summed E-state index contributed by atoms with van der Waals surface area (Å²) >= 11 is 0. The van der Waals surface area contributed by atoms with Crippen LogP contribution in [0.25, 0.3) is 0 Å². The van der Waals surface area contributed by atoms with E-state index in [-0.39, 0.29) is 5.91 Å². The molecule has 2 atom stereocenters. The van der Waals surface area contributed by atoms with Crippen LogP contribution in [0.5, 0.6) is 0 Å². The third-order valence-electron chi connectivity index (χ3n) is 4.71. The molecule has 2 aliphatic rings. The quantitative estimate of drug-likeness (QED) is 0.923. The molecule has 0 radical (unpaired) electrons. The molecule has 110 valence electrons. The Kier molecular flexibility index (Phi) is 4.03. The SMILES string of the molecule is CCCc1nc(C(=O)N2CCC[C@H]3CCCC[C@H]32)n[nH]1. The van der Waals surface area contributed by atoms with Gasteiger partial charge in [-0.05, 0) is 38.0 Å². The van der Waals surface area contributed by atoms with E-state index in [4.69, 9.17) is 0 Å². The lowest BCUT2D eigenvalue weighted by Gasteiger charge is -2.43. The molecular weight excluding hydrogens is 252 g/mol. The summed E-state index contributed by atoms with van der Waals surface area (Å²) in [5.74, 6) is 1.92. The largest absolute Gasteiger partial charge is 0.333 e. The van der Waals surface area contributed by atoms with Gasteiger partial charge in [-0.15, -0.1) is 5.10 Å². The third-order valence-corrected chi connectivity index (χ3v) is 4.71. The molecule has 1 aliphatic carbocycles. The minimum atomic E-state index is 0.0280. The van der Waals surface area contributed by atoms with Gasteiger partial charge in [0.15, 0.2) is 0 Å². The number of carbonyl (C=O) groups is 1. The highest BCUT2D eigenvalue weighted by atomic mass is 16.2. The van der Waals surface area contributed by atoms with Gasteiger partial charge >= 0.3 is 0 Å². The van der Waals surface area contributed by atoms with Gasteiger partial charge < -0.3 is 4.90 Å². The second kappa shape index (κ2) is 5.94. The Morgan fingerprint density at radius 2 is 2.10 bits per heavy atom. The van der Waals surface area contributed by atoms with Crippen molar-refractivity contribution in [3.05, 3.63) is 11.6 Å². The molecule has 0 bridgehead atoms. The van der Waals surface area contributed by atoms with Gasteiger partial charge in [0.1, 0.15) is 5.82 Å². The van der Waals surface area contributed by atoms with E-state index >= 15 is 0 Å². The summed E-state index contributed by atoms with van der Waals surface area (Å²) in [5.41, 5.74) is 0. The fraction of sp³-hybridized carbons (Fsp3) is 0.800. The Morgan fingerprint density at radius 3 is 2.95 bits per heavy atom. The van der Waals surface area contributed by atoms with E-state index in [1.54, 1.807) is 0 Å². The number of nitrogens with one attached hydrogen (secondary N) is 1. The molecule has 2 fully saturated rings. The maximum absolute atomic E-state index is 12.7. The topological polar surface area (TPSA) is 61.9 Å². The van der Waals surface area contributed by atoms with Crippen molar-refractivity contribution >= 4 is 5.91 Å². The van der Waals surface area contributed by atoms with Crippen LogP contribution in [0, 0.1) is 5.92 Å². The number of aryl methyl sites for hydroxylation is 1. The van der Waals surface area contributed by atoms with Gasteiger partial charge in [0.2, 0.25) is 5.82 Å². The van der Waals surface area contributed by atoms with Crippen LogP contribution < -0.4 is 0 Å². The zero-order valence-electron chi connectivity index (χ0n) is 12.3. The molecule has 5 heteroatoms. The summed E-state index contributed by atoms with van der Waals surface area (Å²) < 4.78 is 0. The number of aromatic nitrogens is 3. The predicted molar refractivity (Wildman–Crippen MR) is 76.4 cm³/mol. The van der Waals surface area contributed by atoms with Crippen LogP contribution in [0.15, 0.2) is 0 Å². The van der Waals surface area contributed by atoms with E-state index in [2.05, 4.69) is 22.1 Å². The summed E-state index contributed by atoms with van der Waals surface area (Å²) in [6.07, 6.45) is 9.28. The zero-order valence-corrected chi connectivity index (χ0v) is 12.3. The highest BCUT2D eigenvalue weighted by Crippen LogP contribution is 2.35. The summed E-state index contributed by atoms with van der Waals surface area (Å²) in [7, 11) is 0. The number of carbonyl (C=O) groups excluding carboxylic acids is 1. The number of aromatic amines is 1. The number of rotatable bonds is 3. The molecule has 0 aromatic carbocycles. The number of hydrogen-bond acceptors (Lipinski definition) is 3. The number of H-pyrrole nitrogens is 1. The van der Waals surface area contributed by atoms with Gasteiger partial charge in [-0.25, -0.2) is 4.98 Å². The fourth-order valence-corrected chi connectivity index (χ4v) is 3.74. The van der Waals surface area contributed by atoms with Crippen molar-refractivity contribution < 1.29 is 4.79 Å². The Bertz CT molecular complexity index is 468. The number of piperidine rings is 1. The molecule has 0 spiro atoms. The molecule has 1 saturated heterocycles. The predicted octanol–water partition coefficient (Wildman–Crippen LogP) is 2.55. The lowest BCUT2D eigenvalue weighted by Crippen LogP contribution is -2.49. The summed E-state index contributed by atoms with van der Waals surface area (Å²) in [6.45, 7) is 2.97. The summed E-state index contributed by atoms with van der Waals surface area (Å²) in [6, 6.07) is 0.429. The van der Waals surface area contributed by atoms with E-state index in [0.29, 0.717) is 17.8 Å². The van der Waals surface area contributed by atoms with Crippen LogP contribution >= 0.6 is 0 Å². The van der Waals surface area contributed by atoms with Gasteiger partial charge in [0.25, 0.3) is 5.91 Å². The Balaban J connectivity index is 1.74. The second-order valence-corrected chi connectivity index (χ2v) is 6.11.